The third kappa shape index (κ3) is 5.11. The van der Waals surface area contributed by atoms with Crippen LogP contribution in [0.4, 0.5) is 17.1 Å². The zero-order valence-electron chi connectivity index (χ0n) is 15.6. The van der Waals surface area contributed by atoms with Gasteiger partial charge in [-0.05, 0) is 36.4 Å². The summed E-state index contributed by atoms with van der Waals surface area (Å²) >= 11 is 0. The Morgan fingerprint density at radius 2 is 1.14 bits per heavy atom. The number of nitrogen functional groups attached to an aromatic ring is 2. The first-order chi connectivity index (χ1) is 13.3. The summed E-state index contributed by atoms with van der Waals surface area (Å²) in [5, 5.41) is 0. The Bertz CT molecular complexity index is 959. The van der Waals surface area contributed by atoms with Gasteiger partial charge in [0.15, 0.2) is 0 Å². The molecule has 0 aromatic heterocycles. The van der Waals surface area contributed by atoms with E-state index in [4.69, 9.17) is 25.0 Å². The van der Waals surface area contributed by atoms with Crippen LogP contribution in [0.3, 0.4) is 0 Å². The molecular formula is C20H22N3O4P. The lowest BCUT2D eigenvalue weighted by Crippen LogP contribution is -2.10. The Morgan fingerprint density at radius 3 is 1.57 bits per heavy atom. The van der Waals surface area contributed by atoms with Gasteiger partial charge in [0, 0.05) is 49.4 Å². The number of benzene rings is 3. The zero-order chi connectivity index (χ0) is 20.1. The third-order valence-electron chi connectivity index (χ3n) is 3.70. The molecule has 0 bridgehead atoms. The van der Waals surface area contributed by atoms with Crippen LogP contribution >= 0.6 is 7.82 Å². The molecule has 0 aliphatic carbocycles. The molecule has 146 valence electrons. The summed E-state index contributed by atoms with van der Waals surface area (Å²) < 4.78 is 30.4. The standard InChI is InChI=1S/C20H22N3O4P/c1-23(2)17-8-5-11-20(14-17)27-28(24,25-18-9-3-6-15(21)12-18)26-19-10-4-7-16(22)13-19/h3-14H,21-22H2,1-2H3. The van der Waals surface area contributed by atoms with E-state index in [0.29, 0.717) is 17.1 Å². The van der Waals surface area contributed by atoms with Crippen LogP contribution in [-0.4, -0.2) is 14.1 Å². The molecule has 8 heteroatoms. The van der Waals surface area contributed by atoms with Crippen LogP contribution in [0.25, 0.3) is 0 Å². The van der Waals surface area contributed by atoms with Crippen molar-refractivity contribution >= 4 is 24.9 Å². The summed E-state index contributed by atoms with van der Waals surface area (Å²) in [5.74, 6) is 0.856. The van der Waals surface area contributed by atoms with E-state index in [1.54, 1.807) is 54.6 Å². The van der Waals surface area contributed by atoms with Crippen molar-refractivity contribution in [3.05, 3.63) is 72.8 Å². The normalized spacial score (nSPS) is 10.9. The maximum atomic E-state index is 13.5. The van der Waals surface area contributed by atoms with E-state index in [1.165, 1.54) is 12.1 Å². The van der Waals surface area contributed by atoms with Crippen molar-refractivity contribution in [3.8, 4) is 17.2 Å². The van der Waals surface area contributed by atoms with Gasteiger partial charge in [-0.2, -0.15) is 4.57 Å². The topological polar surface area (TPSA) is 100 Å². The van der Waals surface area contributed by atoms with Crippen LogP contribution in [0.15, 0.2) is 72.8 Å². The molecule has 4 N–H and O–H groups in total. The number of phosphoric acid groups is 1. The lowest BCUT2D eigenvalue weighted by molar-refractivity contribution is 0.298. The van der Waals surface area contributed by atoms with Crippen molar-refractivity contribution < 1.29 is 18.1 Å². The summed E-state index contributed by atoms with van der Waals surface area (Å²) in [4.78, 5) is 1.90. The Labute approximate surface area is 164 Å². The summed E-state index contributed by atoms with van der Waals surface area (Å²) in [6, 6.07) is 20.1. The molecule has 0 amide bonds. The highest BCUT2D eigenvalue weighted by molar-refractivity contribution is 7.49. The molecular weight excluding hydrogens is 377 g/mol. The van der Waals surface area contributed by atoms with E-state index in [9.17, 15) is 4.57 Å². The molecule has 3 rings (SSSR count). The second kappa shape index (κ2) is 8.15. The number of hydrogen-bond acceptors (Lipinski definition) is 7. The molecule has 3 aromatic rings. The molecule has 0 heterocycles. The predicted molar refractivity (Wildman–Crippen MR) is 112 cm³/mol. The summed E-state index contributed by atoms with van der Waals surface area (Å²) in [6.07, 6.45) is 0. The fourth-order valence-corrected chi connectivity index (χ4v) is 3.63. The van der Waals surface area contributed by atoms with E-state index < -0.39 is 7.82 Å². The molecule has 0 saturated carbocycles. The van der Waals surface area contributed by atoms with Crippen LogP contribution in [-0.2, 0) is 4.57 Å². The Kier molecular flexibility index (Phi) is 5.66. The van der Waals surface area contributed by atoms with E-state index in [2.05, 4.69) is 0 Å². The van der Waals surface area contributed by atoms with Gasteiger partial charge in [-0.25, -0.2) is 0 Å². The average molecular weight is 399 g/mol. The first-order valence-corrected chi connectivity index (χ1v) is 9.96. The van der Waals surface area contributed by atoms with Gasteiger partial charge in [-0.3, -0.25) is 0 Å². The van der Waals surface area contributed by atoms with E-state index in [1.807, 2.05) is 25.1 Å². The monoisotopic (exact) mass is 399 g/mol. The lowest BCUT2D eigenvalue weighted by Gasteiger charge is -2.20. The van der Waals surface area contributed by atoms with Gasteiger partial charge in [0.1, 0.15) is 17.2 Å². The first-order valence-electron chi connectivity index (χ1n) is 8.50. The summed E-state index contributed by atoms with van der Waals surface area (Å²) in [6.45, 7) is 0. The minimum absolute atomic E-state index is 0.260. The maximum Gasteiger partial charge on any atom is 0.647 e. The van der Waals surface area contributed by atoms with Gasteiger partial charge in [-0.15, -0.1) is 0 Å². The average Bonchev–Trinajstić information content (AvgIpc) is 2.61. The van der Waals surface area contributed by atoms with E-state index in [0.717, 1.165) is 5.69 Å². The molecule has 0 saturated heterocycles. The number of anilines is 3. The highest BCUT2D eigenvalue weighted by atomic mass is 31.2. The van der Waals surface area contributed by atoms with Crippen molar-refractivity contribution in [1.29, 1.82) is 0 Å². The molecule has 3 aromatic carbocycles. The van der Waals surface area contributed by atoms with Crippen LogP contribution in [0.5, 0.6) is 17.2 Å². The number of hydrogen-bond donors (Lipinski definition) is 2. The molecule has 0 aliphatic heterocycles. The van der Waals surface area contributed by atoms with Gasteiger partial charge in [-0.1, -0.05) is 18.2 Å². The van der Waals surface area contributed by atoms with Gasteiger partial charge < -0.3 is 29.9 Å². The van der Waals surface area contributed by atoms with Crippen molar-refractivity contribution in [2.75, 3.05) is 30.5 Å². The highest BCUT2D eigenvalue weighted by Gasteiger charge is 2.33. The van der Waals surface area contributed by atoms with Gasteiger partial charge >= 0.3 is 7.82 Å². The fraction of sp³-hybridized carbons (Fsp3) is 0.100. The molecule has 0 fully saturated rings. The van der Waals surface area contributed by atoms with Gasteiger partial charge in [0.25, 0.3) is 0 Å². The predicted octanol–water partition coefficient (Wildman–Crippen LogP) is 4.56. The molecule has 0 spiro atoms. The number of rotatable bonds is 7. The fourth-order valence-electron chi connectivity index (χ4n) is 2.40. The largest absolute Gasteiger partial charge is 0.647 e. The molecule has 28 heavy (non-hydrogen) atoms. The number of nitrogens with zero attached hydrogens (tertiary/aromatic N) is 1. The molecule has 0 aliphatic rings. The van der Waals surface area contributed by atoms with Crippen LogP contribution in [0.2, 0.25) is 0 Å². The molecule has 0 atom stereocenters. The van der Waals surface area contributed by atoms with E-state index in [-0.39, 0.29) is 11.5 Å². The van der Waals surface area contributed by atoms with Crippen LogP contribution in [0, 0.1) is 0 Å². The molecule has 0 unspecified atom stereocenters. The van der Waals surface area contributed by atoms with Gasteiger partial charge in [0.05, 0.1) is 0 Å². The second-order valence-electron chi connectivity index (χ2n) is 6.26. The summed E-state index contributed by atoms with van der Waals surface area (Å²) in [5.41, 5.74) is 13.4. The Morgan fingerprint density at radius 1 is 0.714 bits per heavy atom. The maximum absolute atomic E-state index is 13.5. The SMILES string of the molecule is CN(C)c1cccc(OP(=O)(Oc2cccc(N)c2)Oc2cccc(N)c2)c1. The van der Waals surface area contributed by atoms with Crippen molar-refractivity contribution in [3.63, 3.8) is 0 Å². The van der Waals surface area contributed by atoms with Crippen molar-refractivity contribution in [2.45, 2.75) is 0 Å². The van der Waals surface area contributed by atoms with Gasteiger partial charge in [0.2, 0.25) is 0 Å². The molecule has 0 radical (unpaired) electrons. The minimum atomic E-state index is -4.10. The Balaban J connectivity index is 1.93. The van der Waals surface area contributed by atoms with Crippen LogP contribution in [0.1, 0.15) is 0 Å². The number of phosphoric ester groups is 1. The Hall–Kier alpha value is -3.31. The summed E-state index contributed by atoms with van der Waals surface area (Å²) in [7, 11) is -0.316. The highest BCUT2D eigenvalue weighted by Crippen LogP contribution is 2.50. The lowest BCUT2D eigenvalue weighted by atomic mass is 10.3. The quantitative estimate of drug-likeness (QED) is 0.444. The number of nitrogens with two attached hydrogens (primary N) is 2. The minimum Gasteiger partial charge on any atom is -0.399 e. The smallest absolute Gasteiger partial charge is 0.399 e. The zero-order valence-corrected chi connectivity index (χ0v) is 16.5. The van der Waals surface area contributed by atoms with Crippen molar-refractivity contribution in [2.24, 2.45) is 0 Å². The van der Waals surface area contributed by atoms with E-state index >= 15 is 0 Å². The third-order valence-corrected chi connectivity index (χ3v) is 5.01. The second-order valence-corrected chi connectivity index (χ2v) is 7.70. The molecule has 7 nitrogen and oxygen atoms in total. The van der Waals surface area contributed by atoms with Crippen molar-refractivity contribution in [1.82, 2.24) is 0 Å². The van der Waals surface area contributed by atoms with Crippen LogP contribution < -0.4 is 29.9 Å². The first kappa shape index (κ1) is 19.5.